The van der Waals surface area contributed by atoms with E-state index < -0.39 is 0 Å². The average molecular weight is 346 g/mol. The number of rotatable bonds is 5. The largest absolute Gasteiger partial charge is 0.455 e. The lowest BCUT2D eigenvalue weighted by Gasteiger charge is -2.15. The first kappa shape index (κ1) is 16.1. The summed E-state index contributed by atoms with van der Waals surface area (Å²) >= 11 is 5.86. The van der Waals surface area contributed by atoms with Gasteiger partial charge < -0.3 is 15.4 Å². The van der Waals surface area contributed by atoms with E-state index in [1.54, 1.807) is 30.3 Å². The van der Waals surface area contributed by atoms with Crippen molar-refractivity contribution < 1.29 is 14.3 Å². The van der Waals surface area contributed by atoms with Crippen LogP contribution in [-0.2, 0) is 4.79 Å². The number of halogens is 1. The van der Waals surface area contributed by atoms with Gasteiger partial charge in [-0.1, -0.05) is 23.7 Å². The van der Waals surface area contributed by atoms with Gasteiger partial charge in [-0.15, -0.1) is 0 Å². The Morgan fingerprint density at radius 2 is 1.96 bits per heavy atom. The van der Waals surface area contributed by atoms with Crippen LogP contribution in [0.15, 0.2) is 48.5 Å². The number of carbonyl (C=O) groups is 2. The van der Waals surface area contributed by atoms with Gasteiger partial charge in [0.05, 0.1) is 12.2 Å². The van der Waals surface area contributed by atoms with Gasteiger partial charge in [0.2, 0.25) is 5.91 Å². The molecule has 3 amide bonds. The summed E-state index contributed by atoms with van der Waals surface area (Å²) in [5, 5.41) is 6.25. The highest BCUT2D eigenvalue weighted by atomic mass is 35.5. The molecule has 0 radical (unpaired) electrons. The summed E-state index contributed by atoms with van der Waals surface area (Å²) in [6.45, 7) is 0.886. The van der Waals surface area contributed by atoms with Crippen LogP contribution < -0.4 is 15.4 Å². The molecule has 2 N–H and O–H groups in total. The molecule has 0 atom stereocenters. The zero-order chi connectivity index (χ0) is 16.9. The maximum Gasteiger partial charge on any atom is 0.324 e. The van der Waals surface area contributed by atoms with E-state index in [0.717, 1.165) is 0 Å². The van der Waals surface area contributed by atoms with Gasteiger partial charge in [0.15, 0.2) is 5.75 Å². The SMILES string of the molecule is O=C(CNc1ccccc1Oc1ccc(Cl)cc1)N1CCNC1=O. The first-order chi connectivity index (χ1) is 11.6. The molecule has 0 saturated carbocycles. The van der Waals surface area contributed by atoms with Gasteiger partial charge in [0, 0.05) is 18.1 Å². The number of benzene rings is 2. The molecule has 2 aromatic carbocycles. The molecule has 1 aliphatic rings. The fraction of sp³-hybridized carbons (Fsp3) is 0.176. The number of nitrogens with zero attached hydrogens (tertiary/aromatic N) is 1. The summed E-state index contributed by atoms with van der Waals surface area (Å²) in [5.41, 5.74) is 0.667. The lowest BCUT2D eigenvalue weighted by Crippen LogP contribution is -2.38. The highest BCUT2D eigenvalue weighted by molar-refractivity contribution is 6.30. The van der Waals surface area contributed by atoms with Crippen LogP contribution in [0.3, 0.4) is 0 Å². The molecule has 1 aliphatic heterocycles. The molecule has 0 aliphatic carbocycles. The first-order valence-electron chi connectivity index (χ1n) is 7.48. The number of hydrogen-bond acceptors (Lipinski definition) is 4. The van der Waals surface area contributed by atoms with Gasteiger partial charge in [0.25, 0.3) is 0 Å². The summed E-state index contributed by atoms with van der Waals surface area (Å²) in [4.78, 5) is 24.8. The molecule has 2 aromatic rings. The number of nitrogens with one attached hydrogen (secondary N) is 2. The van der Waals surface area contributed by atoms with E-state index in [1.807, 2.05) is 18.2 Å². The highest BCUT2D eigenvalue weighted by Gasteiger charge is 2.25. The maximum absolute atomic E-state index is 12.1. The number of anilines is 1. The standard InChI is InChI=1S/C17H16ClN3O3/c18-12-5-7-13(8-6-12)24-15-4-2-1-3-14(15)20-11-16(22)21-10-9-19-17(21)23/h1-8,20H,9-11H2,(H,19,23). The number of urea groups is 1. The van der Waals surface area contributed by atoms with Crippen molar-refractivity contribution in [2.75, 3.05) is 25.0 Å². The number of para-hydroxylation sites is 2. The zero-order valence-electron chi connectivity index (χ0n) is 12.8. The van der Waals surface area contributed by atoms with Gasteiger partial charge in [-0.05, 0) is 36.4 Å². The van der Waals surface area contributed by atoms with E-state index in [2.05, 4.69) is 10.6 Å². The quantitative estimate of drug-likeness (QED) is 0.873. The third-order valence-electron chi connectivity index (χ3n) is 3.52. The molecule has 0 aromatic heterocycles. The third kappa shape index (κ3) is 3.78. The molecule has 0 spiro atoms. The minimum absolute atomic E-state index is 0.00834. The Balaban J connectivity index is 1.66. The minimum atomic E-state index is -0.354. The van der Waals surface area contributed by atoms with E-state index in [4.69, 9.17) is 16.3 Å². The molecular formula is C17H16ClN3O3. The summed E-state index contributed by atoms with van der Waals surface area (Å²) in [5.74, 6) is 0.934. The van der Waals surface area contributed by atoms with Crippen LogP contribution in [0.1, 0.15) is 0 Å². The van der Waals surface area contributed by atoms with Crippen molar-refractivity contribution in [1.82, 2.24) is 10.2 Å². The van der Waals surface area contributed by atoms with Crippen molar-refractivity contribution in [3.8, 4) is 11.5 Å². The Morgan fingerprint density at radius 3 is 2.67 bits per heavy atom. The number of hydrogen-bond donors (Lipinski definition) is 2. The van der Waals surface area contributed by atoms with Crippen LogP contribution in [0.4, 0.5) is 10.5 Å². The van der Waals surface area contributed by atoms with E-state index in [9.17, 15) is 9.59 Å². The Labute approximate surface area is 144 Å². The molecule has 1 heterocycles. The molecule has 0 bridgehead atoms. The van der Waals surface area contributed by atoms with Crippen LogP contribution in [0.2, 0.25) is 5.02 Å². The number of amides is 3. The van der Waals surface area contributed by atoms with Gasteiger partial charge >= 0.3 is 6.03 Å². The first-order valence-corrected chi connectivity index (χ1v) is 7.86. The van der Waals surface area contributed by atoms with Crippen LogP contribution in [0.25, 0.3) is 0 Å². The van der Waals surface area contributed by atoms with Gasteiger partial charge in [-0.2, -0.15) is 0 Å². The van der Waals surface area contributed by atoms with E-state index in [1.165, 1.54) is 4.90 Å². The number of ether oxygens (including phenoxy) is 1. The Bertz CT molecular complexity index is 749. The molecule has 1 saturated heterocycles. The minimum Gasteiger partial charge on any atom is -0.455 e. The Morgan fingerprint density at radius 1 is 1.21 bits per heavy atom. The molecule has 1 fully saturated rings. The van der Waals surface area contributed by atoms with Crippen LogP contribution in [0, 0.1) is 0 Å². The number of carbonyl (C=O) groups excluding carboxylic acids is 2. The second kappa shape index (κ2) is 7.23. The van der Waals surface area contributed by atoms with Gasteiger partial charge in [0.1, 0.15) is 5.75 Å². The lowest BCUT2D eigenvalue weighted by atomic mass is 10.3. The Kier molecular flexibility index (Phi) is 4.86. The molecular weight excluding hydrogens is 330 g/mol. The van der Waals surface area contributed by atoms with Crippen molar-refractivity contribution >= 4 is 29.2 Å². The zero-order valence-corrected chi connectivity index (χ0v) is 13.5. The smallest absolute Gasteiger partial charge is 0.324 e. The maximum atomic E-state index is 12.1. The van der Waals surface area contributed by atoms with Crippen molar-refractivity contribution in [2.24, 2.45) is 0 Å². The van der Waals surface area contributed by atoms with E-state index in [-0.39, 0.29) is 18.5 Å². The van der Waals surface area contributed by atoms with Crippen molar-refractivity contribution in [3.63, 3.8) is 0 Å². The Hall–Kier alpha value is -2.73. The number of imide groups is 1. The predicted octanol–water partition coefficient (Wildman–Crippen LogP) is 3.10. The second-order valence-corrected chi connectivity index (χ2v) is 5.62. The summed E-state index contributed by atoms with van der Waals surface area (Å²) in [6.07, 6.45) is 0. The lowest BCUT2D eigenvalue weighted by molar-refractivity contribution is -0.125. The molecule has 0 unspecified atom stereocenters. The average Bonchev–Trinajstić information content (AvgIpc) is 3.02. The fourth-order valence-electron chi connectivity index (χ4n) is 2.31. The normalized spacial score (nSPS) is 13.5. The molecule has 24 heavy (non-hydrogen) atoms. The molecule has 3 rings (SSSR count). The van der Waals surface area contributed by atoms with Crippen molar-refractivity contribution in [3.05, 3.63) is 53.6 Å². The van der Waals surface area contributed by atoms with E-state index >= 15 is 0 Å². The molecule has 7 heteroatoms. The van der Waals surface area contributed by atoms with Crippen molar-refractivity contribution in [1.29, 1.82) is 0 Å². The molecule has 124 valence electrons. The van der Waals surface area contributed by atoms with Crippen molar-refractivity contribution in [2.45, 2.75) is 0 Å². The van der Waals surface area contributed by atoms with E-state index in [0.29, 0.717) is 35.3 Å². The van der Waals surface area contributed by atoms with Crippen LogP contribution in [0.5, 0.6) is 11.5 Å². The summed E-state index contributed by atoms with van der Waals surface area (Å²) < 4.78 is 5.82. The second-order valence-electron chi connectivity index (χ2n) is 5.18. The predicted molar refractivity (Wildman–Crippen MR) is 91.6 cm³/mol. The third-order valence-corrected chi connectivity index (χ3v) is 3.77. The molecule has 6 nitrogen and oxygen atoms in total. The van der Waals surface area contributed by atoms with Crippen LogP contribution in [-0.4, -0.2) is 36.5 Å². The van der Waals surface area contributed by atoms with Crippen LogP contribution >= 0.6 is 11.6 Å². The topological polar surface area (TPSA) is 70.7 Å². The van der Waals surface area contributed by atoms with Gasteiger partial charge in [-0.25, -0.2) is 4.79 Å². The van der Waals surface area contributed by atoms with Gasteiger partial charge in [-0.3, -0.25) is 9.69 Å². The highest BCUT2D eigenvalue weighted by Crippen LogP contribution is 2.29. The monoisotopic (exact) mass is 345 g/mol. The summed E-state index contributed by atoms with van der Waals surface area (Å²) in [6, 6.07) is 13.9. The summed E-state index contributed by atoms with van der Waals surface area (Å²) in [7, 11) is 0. The fourth-order valence-corrected chi connectivity index (χ4v) is 2.43.